The second-order valence-electron chi connectivity index (χ2n) is 31.9. The van der Waals surface area contributed by atoms with Crippen LogP contribution < -0.4 is 44.7 Å². The number of nitrogens with one attached hydrogen (secondary N) is 4. The monoisotopic (exact) mass is 1560 g/mol. The Labute approximate surface area is 648 Å². The van der Waals surface area contributed by atoms with Crippen molar-refractivity contribution in [3.63, 3.8) is 0 Å². The number of para-hydroxylation sites is 1. The lowest BCUT2D eigenvalue weighted by atomic mass is 9.85. The zero-order valence-corrected chi connectivity index (χ0v) is 66.5. The molecule has 0 spiro atoms. The average Bonchev–Trinajstić information content (AvgIpc) is 1.56. The van der Waals surface area contributed by atoms with E-state index in [1.54, 1.807) is 56.7 Å². The van der Waals surface area contributed by atoms with Gasteiger partial charge < -0.3 is 73.4 Å². The van der Waals surface area contributed by atoms with Crippen LogP contribution >= 0.6 is 15.0 Å². The van der Waals surface area contributed by atoms with Crippen LogP contribution in [-0.4, -0.2) is 161 Å². The summed E-state index contributed by atoms with van der Waals surface area (Å²) < 4.78 is 74.6. The van der Waals surface area contributed by atoms with E-state index in [0.29, 0.717) is 57.2 Å². The molecular weight excluding hydrogens is 1450 g/mol. The third-order valence-corrected chi connectivity index (χ3v) is 26.9. The van der Waals surface area contributed by atoms with E-state index in [-0.39, 0.29) is 56.2 Å². The number of methoxy groups -OCH3 is 2. The van der Waals surface area contributed by atoms with Crippen LogP contribution in [0.15, 0.2) is 165 Å². The van der Waals surface area contributed by atoms with E-state index >= 15 is 0 Å². The smallest absolute Gasteiger partial charge is 0.408 e. The van der Waals surface area contributed by atoms with Crippen LogP contribution in [-0.2, 0) is 42.3 Å². The number of carbonyl (C=O) groups is 6. The standard InChI is InChI=1S/C44H51N4O9P.C40H51N4O8P/c1-6-29-26-44(29,58(52,53)57-31-19-11-8-12-20-31)47-40(49)37-24-33(27-48(37)41(50)39(43(2,3)4)46-42(51)56-30-17-13-14-18-30)55-38-25-35(28-15-9-7-10-16-28)45-36-23-32(54-5)21-22-34(36)38;1-8-26-23-40(26,53(7,48)50-6)43-36(45)33-21-29(24-44(33)37(46)35(39(2,3)4)42-38(47)52-27-16-12-13-17-27)51-34-22-31(25-14-10-9-11-15-25)41-32-20-28(49-5)18-19-30(32)34/h6-12,15-16,19-23,25,29-30,33,37,39H,1,13-14,17-18,24,26-27H2,2-5H3,(H,46,51)(H,47,49)(H,52,53);8-11,14-15,18-20,22,26-27,29,33,35H,1,12-13,16-17,21,23-24H2,2-7H3,(H,42,47)(H,43,45)/t29?,33-,37+,39-,44?;26-,29-,33+,35-,40+,53?/m11/s1. The topological polar surface area (TPSA) is 311 Å². The van der Waals surface area contributed by atoms with E-state index in [1.807, 2.05) is 145 Å². The quantitative estimate of drug-likeness (QED) is 0.0262. The Balaban J connectivity index is 0.000000207. The van der Waals surface area contributed by atoms with Gasteiger partial charge in [-0.15, -0.1) is 13.2 Å². The number of likely N-dealkylation sites (tertiary alicyclic amines) is 2. The Hall–Kier alpha value is -9.80. The van der Waals surface area contributed by atoms with E-state index in [4.69, 9.17) is 47.4 Å². The molecule has 4 aliphatic carbocycles. The van der Waals surface area contributed by atoms with Gasteiger partial charge in [0.15, 0.2) is 5.28 Å². The van der Waals surface area contributed by atoms with Crippen LogP contribution in [0, 0.1) is 22.7 Å². The molecule has 6 aliphatic rings. The minimum absolute atomic E-state index is 0.0291. The number of hydrogen-bond acceptors (Lipinski definition) is 18. The van der Waals surface area contributed by atoms with E-state index in [2.05, 4.69) is 34.4 Å². The van der Waals surface area contributed by atoms with Gasteiger partial charge in [0.25, 0.3) is 0 Å². The predicted octanol–water partition coefficient (Wildman–Crippen LogP) is 14.5. The van der Waals surface area contributed by atoms with Crippen molar-refractivity contribution >= 4 is 72.6 Å². The first-order valence-electron chi connectivity index (χ1n) is 38.0. The molecule has 4 heterocycles. The van der Waals surface area contributed by atoms with Crippen LogP contribution in [0.2, 0.25) is 0 Å². The Morgan fingerprint density at radius 3 is 1.30 bits per heavy atom. The number of hydrogen-bond donors (Lipinski definition) is 5. The molecule has 2 saturated heterocycles. The number of pyridine rings is 2. The van der Waals surface area contributed by atoms with Gasteiger partial charge in [-0.3, -0.25) is 23.7 Å². The van der Waals surface area contributed by atoms with E-state index < -0.39 is 114 Å². The molecule has 2 aliphatic heterocycles. The number of fused-ring (bicyclic) bond motifs is 2. The Morgan fingerprint density at radius 1 is 0.541 bits per heavy atom. The maximum atomic E-state index is 14.8. The van der Waals surface area contributed by atoms with E-state index in [0.717, 1.165) is 67.9 Å². The van der Waals surface area contributed by atoms with Gasteiger partial charge in [-0.05, 0) is 111 Å². The van der Waals surface area contributed by atoms with Crippen LogP contribution in [0.1, 0.15) is 119 Å². The van der Waals surface area contributed by atoms with Gasteiger partial charge in [0.1, 0.15) is 82.6 Å². The van der Waals surface area contributed by atoms with Crippen molar-refractivity contribution in [1.82, 2.24) is 41.0 Å². The fourth-order valence-electron chi connectivity index (χ4n) is 15.5. The number of carbonyl (C=O) groups excluding carboxylic acids is 6. The molecule has 27 heteroatoms. The minimum Gasteiger partial charge on any atom is -0.497 e. The molecule has 6 fully saturated rings. The first-order valence-corrected chi connectivity index (χ1v) is 41.6. The first-order chi connectivity index (χ1) is 52.9. The summed E-state index contributed by atoms with van der Waals surface area (Å²) in [6, 6.07) is 38.0. The van der Waals surface area contributed by atoms with Crippen LogP contribution in [0.25, 0.3) is 44.3 Å². The maximum absolute atomic E-state index is 14.8. The number of aromatic nitrogens is 2. The van der Waals surface area contributed by atoms with Gasteiger partial charge in [0.2, 0.25) is 31.0 Å². The van der Waals surface area contributed by atoms with Crippen molar-refractivity contribution in [2.45, 2.75) is 178 Å². The average molecular weight is 1560 g/mol. The molecule has 590 valence electrons. The van der Waals surface area contributed by atoms with Gasteiger partial charge in [-0.1, -0.05) is 133 Å². The van der Waals surface area contributed by atoms with E-state index in [1.165, 1.54) is 29.7 Å². The third kappa shape index (κ3) is 17.9. The van der Waals surface area contributed by atoms with Crippen molar-refractivity contribution in [2.24, 2.45) is 22.7 Å². The molecular formula is C84H102N8O17P2. The highest BCUT2D eigenvalue weighted by Gasteiger charge is 2.69. The predicted molar refractivity (Wildman–Crippen MR) is 423 cm³/mol. The molecule has 7 aromatic rings. The molecule has 4 unspecified atom stereocenters. The zero-order chi connectivity index (χ0) is 79.4. The summed E-state index contributed by atoms with van der Waals surface area (Å²) in [5, 5.41) is 10.1. The number of amides is 6. The highest BCUT2D eigenvalue weighted by atomic mass is 31.2. The maximum Gasteiger partial charge on any atom is 0.408 e. The fraction of sp³-hybridized carbons (Fsp3) is 0.452. The molecule has 12 atom stereocenters. The van der Waals surface area contributed by atoms with Gasteiger partial charge in [0, 0.05) is 84.6 Å². The summed E-state index contributed by atoms with van der Waals surface area (Å²) in [5.74, 6) is -0.504. The minimum atomic E-state index is -4.56. The summed E-state index contributed by atoms with van der Waals surface area (Å²) in [5.41, 5.74) is 2.82. The number of ether oxygens (including phenoxy) is 6. The molecule has 111 heavy (non-hydrogen) atoms. The Bertz CT molecular complexity index is 4700. The summed E-state index contributed by atoms with van der Waals surface area (Å²) in [4.78, 5) is 109. The molecule has 13 rings (SSSR count). The van der Waals surface area contributed by atoms with Crippen LogP contribution in [0.4, 0.5) is 9.59 Å². The summed E-state index contributed by atoms with van der Waals surface area (Å²) in [6.07, 6.45) is 7.72. The molecule has 2 aromatic heterocycles. The molecule has 5 N–H and O–H groups in total. The Morgan fingerprint density at radius 2 is 0.928 bits per heavy atom. The molecule has 5 aromatic carbocycles. The lowest BCUT2D eigenvalue weighted by Gasteiger charge is -2.36. The lowest BCUT2D eigenvalue weighted by molar-refractivity contribution is -0.142. The molecule has 0 radical (unpaired) electrons. The van der Waals surface area contributed by atoms with Crippen molar-refractivity contribution in [3.05, 3.63) is 165 Å². The Kier molecular flexibility index (Phi) is 24.2. The number of rotatable bonds is 25. The van der Waals surface area contributed by atoms with E-state index in [9.17, 15) is 42.8 Å². The van der Waals surface area contributed by atoms with Crippen molar-refractivity contribution in [1.29, 1.82) is 0 Å². The number of alkyl carbamates (subject to hydrolysis) is 2. The largest absolute Gasteiger partial charge is 0.497 e. The normalized spacial score (nSPS) is 23.9. The number of benzene rings is 5. The second-order valence-corrected chi connectivity index (χ2v) is 36.7. The van der Waals surface area contributed by atoms with Crippen LogP contribution in [0.5, 0.6) is 28.7 Å². The molecule has 4 saturated carbocycles. The lowest BCUT2D eigenvalue weighted by Crippen LogP contribution is -2.58. The van der Waals surface area contributed by atoms with Crippen LogP contribution in [0.3, 0.4) is 0 Å². The first kappa shape index (κ1) is 80.7. The van der Waals surface area contributed by atoms with Gasteiger partial charge >= 0.3 is 19.8 Å². The fourth-order valence-corrected chi connectivity index (χ4v) is 19.1. The summed E-state index contributed by atoms with van der Waals surface area (Å²) in [6.45, 7) is 20.3. The second kappa shape index (κ2) is 33.3. The highest BCUT2D eigenvalue weighted by Crippen LogP contribution is 2.71. The van der Waals surface area contributed by atoms with Crippen molar-refractivity contribution in [2.75, 3.05) is 41.1 Å². The molecule has 0 bridgehead atoms. The number of nitrogens with zero attached hydrogens (tertiary/aromatic N) is 4. The summed E-state index contributed by atoms with van der Waals surface area (Å²) in [7, 11) is -3.35. The van der Waals surface area contributed by atoms with Crippen molar-refractivity contribution in [3.8, 4) is 51.3 Å². The summed E-state index contributed by atoms with van der Waals surface area (Å²) >= 11 is 0. The third-order valence-electron chi connectivity index (χ3n) is 22.1. The molecule has 25 nitrogen and oxygen atoms in total. The highest BCUT2D eigenvalue weighted by molar-refractivity contribution is 7.60. The van der Waals surface area contributed by atoms with Gasteiger partial charge in [-0.25, -0.2) is 24.1 Å². The zero-order valence-electron chi connectivity index (χ0n) is 64.7. The molecule has 6 amide bonds. The van der Waals surface area contributed by atoms with Crippen molar-refractivity contribution < 1.29 is 80.3 Å². The van der Waals surface area contributed by atoms with Gasteiger partial charge in [-0.2, -0.15) is 0 Å². The SMILES string of the molecule is C=CC1CC1(NC(=O)[C@@H]1C[C@@H](Oc2cc(-c3ccccc3)nc3cc(OC)ccc23)CN1C(=O)[C@@H](NC(=O)OC1CCCC1)C(C)(C)C)P(=O)(O)Oc1ccccc1.C=C[C@@H]1C[C@]1(NC(=O)[C@@H]1C[C@@H](Oc2cc(-c3ccccc3)nc3cc(OC)ccc23)CN1C(=O)[C@@H](NC(=O)OC1CCCC1)C(C)(C)C)P(C)(=O)OC. The van der Waals surface area contributed by atoms with Gasteiger partial charge in [0.05, 0.1) is 49.7 Å².